The van der Waals surface area contributed by atoms with Crippen molar-refractivity contribution in [1.29, 1.82) is 0 Å². The summed E-state index contributed by atoms with van der Waals surface area (Å²) < 4.78 is 0. The first-order chi connectivity index (χ1) is 46.0. The highest BCUT2D eigenvalue weighted by molar-refractivity contribution is 5.89. The van der Waals surface area contributed by atoms with Gasteiger partial charge >= 0.3 is 0 Å². The lowest BCUT2D eigenvalue weighted by molar-refractivity contribution is -0.426. The van der Waals surface area contributed by atoms with E-state index in [-0.39, 0.29) is 24.0 Å². The van der Waals surface area contributed by atoms with Crippen LogP contribution in [0.25, 0.3) is 21.5 Å². The van der Waals surface area contributed by atoms with E-state index < -0.39 is 0 Å². The second kappa shape index (κ2) is 17.5. The number of benzene rings is 4. The third kappa shape index (κ3) is 5.55. The summed E-state index contributed by atoms with van der Waals surface area (Å²) >= 11 is 0. The lowest BCUT2D eigenvalue weighted by Crippen LogP contribution is -2.87. The van der Waals surface area contributed by atoms with Crippen LogP contribution in [0.3, 0.4) is 0 Å². The largest absolute Gasteiger partial charge is 0.396 e. The Hall–Kier alpha value is -2.68. The van der Waals surface area contributed by atoms with Crippen LogP contribution < -0.4 is 0 Å². The fourth-order valence-corrected chi connectivity index (χ4v) is 43.2. The summed E-state index contributed by atoms with van der Waals surface area (Å²) in [5.74, 6) is 42.3. The van der Waals surface area contributed by atoms with Crippen molar-refractivity contribution in [3.05, 3.63) is 95.1 Å². The Balaban J connectivity index is 0.792. The van der Waals surface area contributed by atoms with Crippen molar-refractivity contribution in [2.75, 3.05) is 13.2 Å². The lowest BCUT2D eigenvalue weighted by Gasteiger charge is -2.91. The maximum atomic E-state index is 11.3. The van der Waals surface area contributed by atoms with E-state index in [4.69, 9.17) is 0 Å². The smallest absolute Gasteiger partial charge is 0.0471 e. The van der Waals surface area contributed by atoms with Gasteiger partial charge in [0.1, 0.15) is 0 Å². The number of aliphatic hydroxyl groups excluding tert-OH is 2. The molecule has 0 spiro atoms. The minimum atomic E-state index is 0.233. The molecule has 27 rings (SSSR count). The molecule has 0 aromatic heterocycles. The SMILES string of the molecule is CC1CCC2CC3CC4CC5CCCC6C7CCC8C9CCCC%10CC%11CC%12CC%13CCCC%14C%15CCC%16C%17C%15C%15C(C%13%14)C%12C%12C%13C%15C%14C%15C(C4C(C56)C4C7C8C(C%13C4%15)C(C%109)C%11%12c4cc(CCO)cc5ccccc45)C3C(C%14%17)C2C1%16c1cc(CCO)cc2ccccc12. The molecule has 0 bridgehead atoms. The fourth-order valence-electron chi connectivity index (χ4n) is 43.2. The van der Waals surface area contributed by atoms with E-state index in [0.29, 0.717) is 0 Å². The molecule has 0 saturated heterocycles. The van der Waals surface area contributed by atoms with Crippen LogP contribution in [-0.4, -0.2) is 23.4 Å². The summed E-state index contributed by atoms with van der Waals surface area (Å²) in [4.78, 5) is 0. The highest BCUT2D eigenvalue weighted by Crippen LogP contribution is 2.94. The molecule has 486 valence electrons. The van der Waals surface area contributed by atoms with Gasteiger partial charge in [-0.05, 0) is 407 Å². The summed E-state index contributed by atoms with van der Waals surface area (Å²) in [7, 11) is 0. The van der Waals surface area contributed by atoms with Crippen LogP contribution in [0, 0.1) is 254 Å². The highest BCUT2D eigenvalue weighted by atomic mass is 16.3. The molecule has 2 N–H and O–H groups in total. The summed E-state index contributed by atoms with van der Waals surface area (Å²) in [5.41, 5.74) is 7.33. The van der Waals surface area contributed by atoms with Gasteiger partial charge in [-0.2, -0.15) is 0 Å². The number of hydrogen-bond donors (Lipinski definition) is 2. The van der Waals surface area contributed by atoms with Gasteiger partial charge in [-0.15, -0.1) is 0 Å². The first-order valence-corrected chi connectivity index (χ1v) is 42.2. The van der Waals surface area contributed by atoms with Crippen LogP contribution in [0.15, 0.2) is 72.8 Å². The molecule has 0 aliphatic heterocycles. The Bertz CT molecular complexity index is 3910. The van der Waals surface area contributed by atoms with Crippen molar-refractivity contribution in [3.63, 3.8) is 0 Å². The molecule has 23 aliphatic rings. The van der Waals surface area contributed by atoms with Crippen molar-refractivity contribution in [2.24, 2.45) is 254 Å². The van der Waals surface area contributed by atoms with Crippen LogP contribution in [0.1, 0.15) is 164 Å². The van der Waals surface area contributed by atoms with Crippen molar-refractivity contribution in [1.82, 2.24) is 0 Å². The molecule has 4 aromatic carbocycles. The Morgan fingerprint density at radius 2 is 0.742 bits per heavy atom. The van der Waals surface area contributed by atoms with Gasteiger partial charge in [0.2, 0.25) is 0 Å². The standard InChI is InChI=1S/C91H110O2/c1-39-19-20-47-35-49-36-48-33-44-11-6-16-54-57-21-22-58-56-18-8-13-46-37-51-38-50-34-45-12-7-17-55-59-23-24-60-72-71(59)77-74(64(45)55)68(50)89-86-82(77)81-78(72)84(87(47)90(39,60)61-31-40(25-27-92)29-42-9-2-4-14-52(42)61)67(49)75-66(48)73(63(44)54)76-69(57)70(58)85(83(86)80(76)79(75)81)88(65(46)56)91(51,89)62-32-41(26-28-93)30-43-10-3-5-15-53(43)62/h2-5,9-10,14-15,29-32,39,44-51,54-60,63-89,92-93H,6-8,11-13,16-28,33-38H2,1H3. The zero-order valence-corrected chi connectivity index (χ0v) is 56.3. The predicted octanol–water partition coefficient (Wildman–Crippen LogP) is 18.3. The highest BCUT2D eigenvalue weighted by Gasteiger charge is 2.90. The van der Waals surface area contributed by atoms with E-state index in [1.54, 1.807) is 138 Å². The average Bonchev–Trinajstić information content (AvgIpc) is 0.615. The van der Waals surface area contributed by atoms with Gasteiger partial charge in [-0.3, -0.25) is 0 Å². The number of fused-ring (bicyclic) bond motifs is 6. The van der Waals surface area contributed by atoms with Crippen molar-refractivity contribution < 1.29 is 10.2 Å². The topological polar surface area (TPSA) is 40.5 Å². The molecule has 45 atom stereocenters. The van der Waals surface area contributed by atoms with Crippen LogP contribution in [0.5, 0.6) is 0 Å². The molecule has 93 heavy (non-hydrogen) atoms. The average molecular weight is 1240 g/mol. The Morgan fingerprint density at radius 3 is 1.40 bits per heavy atom. The Morgan fingerprint density at radius 1 is 0.323 bits per heavy atom. The lowest BCUT2D eigenvalue weighted by atomic mass is 9.13. The Kier molecular flexibility index (Phi) is 10.0. The molecule has 23 aliphatic carbocycles. The van der Waals surface area contributed by atoms with E-state index in [1.165, 1.54) is 29.4 Å². The summed E-state index contributed by atoms with van der Waals surface area (Å²) in [6.45, 7) is 3.51. The summed E-state index contributed by atoms with van der Waals surface area (Å²) in [6.07, 6.45) is 35.2. The van der Waals surface area contributed by atoms with Gasteiger partial charge in [0.15, 0.2) is 0 Å². The minimum Gasteiger partial charge on any atom is -0.396 e. The first-order valence-electron chi connectivity index (χ1n) is 42.2. The Labute approximate surface area is 556 Å². The minimum absolute atomic E-state index is 0.233. The van der Waals surface area contributed by atoms with Crippen molar-refractivity contribution in [2.45, 2.75) is 165 Å². The van der Waals surface area contributed by atoms with Crippen LogP contribution in [-0.2, 0) is 23.7 Å². The number of aliphatic hydroxyl groups is 2. The molecular weight excluding hydrogens is 1120 g/mol. The number of hydrogen-bond acceptors (Lipinski definition) is 2. The molecule has 23 saturated carbocycles. The van der Waals surface area contributed by atoms with Gasteiger partial charge in [0, 0.05) is 24.0 Å². The molecule has 0 amide bonds. The van der Waals surface area contributed by atoms with E-state index in [1.807, 2.05) is 11.1 Å². The van der Waals surface area contributed by atoms with Gasteiger partial charge in [-0.25, -0.2) is 0 Å². The maximum absolute atomic E-state index is 11.3. The van der Waals surface area contributed by atoms with Gasteiger partial charge in [-0.1, -0.05) is 118 Å². The van der Waals surface area contributed by atoms with E-state index in [0.717, 1.165) is 267 Å². The second-order valence-electron chi connectivity index (χ2n) is 41.4. The molecule has 2 nitrogen and oxygen atoms in total. The van der Waals surface area contributed by atoms with Crippen LogP contribution in [0.2, 0.25) is 0 Å². The molecule has 2 heteroatoms. The number of rotatable bonds is 6. The monoisotopic (exact) mass is 1230 g/mol. The molecule has 4 aromatic rings. The normalized spacial score (nSPS) is 62.7. The van der Waals surface area contributed by atoms with E-state index in [9.17, 15) is 10.2 Å². The van der Waals surface area contributed by atoms with Gasteiger partial charge < -0.3 is 10.2 Å². The third-order valence-electron chi connectivity index (χ3n) is 41.8. The van der Waals surface area contributed by atoms with Crippen LogP contribution in [0.4, 0.5) is 0 Å². The molecule has 0 radical (unpaired) electrons. The van der Waals surface area contributed by atoms with Gasteiger partial charge in [0.25, 0.3) is 0 Å². The van der Waals surface area contributed by atoms with Crippen molar-refractivity contribution in [3.8, 4) is 0 Å². The molecule has 23 fully saturated rings. The fraction of sp³-hybridized carbons (Fsp3) is 0.780. The molecular formula is C91H110O2. The van der Waals surface area contributed by atoms with E-state index in [2.05, 4.69) is 79.7 Å². The van der Waals surface area contributed by atoms with Crippen molar-refractivity contribution >= 4 is 21.5 Å². The summed E-state index contributed by atoms with van der Waals surface area (Å²) in [6, 6.07) is 31.5. The third-order valence-corrected chi connectivity index (χ3v) is 41.8. The quantitative estimate of drug-likeness (QED) is 0.202. The van der Waals surface area contributed by atoms with Crippen LogP contribution >= 0.6 is 0 Å². The molecule has 45 unspecified atom stereocenters. The zero-order chi connectivity index (χ0) is 59.6. The maximum Gasteiger partial charge on any atom is 0.0471 e. The first kappa shape index (κ1) is 53.3. The second-order valence-corrected chi connectivity index (χ2v) is 41.4. The molecule has 0 heterocycles. The van der Waals surface area contributed by atoms with E-state index >= 15 is 0 Å². The summed E-state index contributed by atoms with van der Waals surface area (Å²) in [5, 5.41) is 28.8. The van der Waals surface area contributed by atoms with Gasteiger partial charge in [0.05, 0.1) is 0 Å². The predicted molar refractivity (Wildman–Crippen MR) is 366 cm³/mol. The zero-order valence-electron chi connectivity index (χ0n) is 56.3.